The van der Waals surface area contributed by atoms with Crippen LogP contribution in [0.15, 0.2) is 0 Å². The molecule has 11 heavy (non-hydrogen) atoms. The van der Waals surface area contributed by atoms with Gasteiger partial charge in [0.2, 0.25) is 0 Å². The first-order valence-electron chi connectivity index (χ1n) is 4.35. The summed E-state index contributed by atoms with van der Waals surface area (Å²) < 4.78 is 11.2. The number of morpholine rings is 2. The molecule has 3 heteroatoms. The summed E-state index contributed by atoms with van der Waals surface area (Å²) in [6, 6.07) is 0. The molecule has 2 bridgehead atoms. The van der Waals surface area contributed by atoms with Gasteiger partial charge in [-0.2, -0.15) is 0 Å². The van der Waals surface area contributed by atoms with E-state index in [1.807, 2.05) is 0 Å². The third kappa shape index (κ3) is 1.28. The van der Waals surface area contributed by atoms with E-state index in [2.05, 4.69) is 11.8 Å². The number of ether oxygens (including phenoxy) is 2. The summed E-state index contributed by atoms with van der Waals surface area (Å²) in [6.07, 6.45) is 0.962. The first-order chi connectivity index (χ1) is 5.35. The maximum Gasteiger partial charge on any atom is 0.180 e. The van der Waals surface area contributed by atoms with Crippen LogP contribution in [0.4, 0.5) is 0 Å². The van der Waals surface area contributed by atoms with Crippen LogP contribution in [0.5, 0.6) is 0 Å². The van der Waals surface area contributed by atoms with Crippen LogP contribution in [0, 0.1) is 0 Å². The number of fused-ring (bicyclic) bond motifs is 2. The summed E-state index contributed by atoms with van der Waals surface area (Å²) >= 11 is 0. The molecule has 0 amide bonds. The van der Waals surface area contributed by atoms with Crippen LogP contribution in [-0.2, 0) is 9.47 Å². The van der Waals surface area contributed by atoms with Crippen LogP contribution in [0.3, 0.4) is 0 Å². The Kier molecular flexibility index (Phi) is 1.87. The summed E-state index contributed by atoms with van der Waals surface area (Å²) in [7, 11) is 0. The van der Waals surface area contributed by atoms with Gasteiger partial charge >= 0.3 is 0 Å². The summed E-state index contributed by atoms with van der Waals surface area (Å²) in [5.74, 6) is -0.253. The Bertz CT molecular complexity index is 139. The van der Waals surface area contributed by atoms with Crippen molar-refractivity contribution < 1.29 is 9.47 Å². The van der Waals surface area contributed by atoms with Crippen LogP contribution in [0.2, 0.25) is 0 Å². The summed E-state index contributed by atoms with van der Waals surface area (Å²) in [5.41, 5.74) is 0. The van der Waals surface area contributed by atoms with Crippen molar-refractivity contribution in [2.75, 3.05) is 32.8 Å². The molecule has 0 aromatic rings. The van der Waals surface area contributed by atoms with E-state index in [1.54, 1.807) is 0 Å². The number of hydrogen-bond donors (Lipinski definition) is 0. The van der Waals surface area contributed by atoms with Gasteiger partial charge in [0.1, 0.15) is 0 Å². The van der Waals surface area contributed by atoms with Gasteiger partial charge in [-0.25, -0.2) is 0 Å². The van der Waals surface area contributed by atoms with E-state index in [-0.39, 0.29) is 5.79 Å². The Morgan fingerprint density at radius 2 is 1.91 bits per heavy atom. The van der Waals surface area contributed by atoms with Crippen molar-refractivity contribution in [3.63, 3.8) is 0 Å². The van der Waals surface area contributed by atoms with E-state index in [9.17, 15) is 0 Å². The van der Waals surface area contributed by atoms with Crippen molar-refractivity contribution in [2.45, 2.75) is 19.1 Å². The monoisotopic (exact) mass is 157 g/mol. The van der Waals surface area contributed by atoms with Gasteiger partial charge in [-0.3, -0.25) is 4.90 Å². The SMILES string of the molecule is CCC12CN(CCO1)CCO2. The van der Waals surface area contributed by atoms with Crippen molar-refractivity contribution in [1.82, 2.24) is 4.90 Å². The molecule has 0 aromatic carbocycles. The molecular weight excluding hydrogens is 142 g/mol. The molecule has 2 aliphatic rings. The molecule has 2 aliphatic heterocycles. The summed E-state index contributed by atoms with van der Waals surface area (Å²) in [6.45, 7) is 6.89. The average Bonchev–Trinajstić information content (AvgIpc) is 2.05. The maximum absolute atomic E-state index is 5.62. The van der Waals surface area contributed by atoms with Gasteiger partial charge in [0.05, 0.1) is 19.8 Å². The van der Waals surface area contributed by atoms with Gasteiger partial charge in [0.15, 0.2) is 5.79 Å². The fourth-order valence-corrected chi connectivity index (χ4v) is 1.78. The topological polar surface area (TPSA) is 21.7 Å². The molecule has 0 unspecified atom stereocenters. The molecule has 0 radical (unpaired) electrons. The summed E-state index contributed by atoms with van der Waals surface area (Å²) in [5, 5.41) is 0. The molecular formula is C8H15NO2. The van der Waals surface area contributed by atoms with Gasteiger partial charge in [-0.15, -0.1) is 0 Å². The van der Waals surface area contributed by atoms with E-state index in [0.29, 0.717) is 0 Å². The zero-order chi connectivity index (χ0) is 7.73. The molecule has 2 fully saturated rings. The normalized spacial score (nSPS) is 43.9. The highest BCUT2D eigenvalue weighted by atomic mass is 16.7. The highest BCUT2D eigenvalue weighted by Gasteiger charge is 2.38. The van der Waals surface area contributed by atoms with Crippen molar-refractivity contribution >= 4 is 0 Å². The number of hydrogen-bond acceptors (Lipinski definition) is 3. The molecule has 0 atom stereocenters. The van der Waals surface area contributed by atoms with Crippen LogP contribution < -0.4 is 0 Å². The second-order valence-electron chi connectivity index (χ2n) is 3.24. The van der Waals surface area contributed by atoms with E-state index >= 15 is 0 Å². The fraction of sp³-hybridized carbons (Fsp3) is 1.00. The van der Waals surface area contributed by atoms with Gasteiger partial charge in [0.25, 0.3) is 0 Å². The Balaban J connectivity index is 2.07. The van der Waals surface area contributed by atoms with Crippen molar-refractivity contribution in [2.24, 2.45) is 0 Å². The molecule has 0 aromatic heterocycles. The van der Waals surface area contributed by atoms with Crippen molar-refractivity contribution in [1.29, 1.82) is 0 Å². The number of rotatable bonds is 1. The highest BCUT2D eigenvalue weighted by Crippen LogP contribution is 2.26. The number of nitrogens with zero attached hydrogens (tertiary/aromatic N) is 1. The predicted molar refractivity (Wildman–Crippen MR) is 41.4 cm³/mol. The molecule has 0 N–H and O–H groups in total. The third-order valence-electron chi connectivity index (χ3n) is 2.55. The minimum absolute atomic E-state index is 0.253. The highest BCUT2D eigenvalue weighted by molar-refractivity contribution is 4.82. The lowest BCUT2D eigenvalue weighted by Gasteiger charge is -2.45. The smallest absolute Gasteiger partial charge is 0.180 e. The van der Waals surface area contributed by atoms with Gasteiger partial charge in [0, 0.05) is 13.1 Å². The lowest BCUT2D eigenvalue weighted by atomic mass is 10.1. The Labute approximate surface area is 67.3 Å². The molecule has 2 saturated heterocycles. The van der Waals surface area contributed by atoms with E-state index in [1.165, 1.54) is 0 Å². The third-order valence-corrected chi connectivity index (χ3v) is 2.55. The summed E-state index contributed by atoms with van der Waals surface area (Å²) in [4.78, 5) is 2.41. The predicted octanol–water partition coefficient (Wildman–Crippen LogP) is 0.455. The van der Waals surface area contributed by atoms with E-state index in [0.717, 1.165) is 39.3 Å². The van der Waals surface area contributed by atoms with Crippen LogP contribution in [0.1, 0.15) is 13.3 Å². The standard InChI is InChI=1S/C8H15NO2/c1-2-8-7-9(3-5-10-8)4-6-11-8/h2-7H2,1H3. The molecule has 0 spiro atoms. The Morgan fingerprint density at radius 1 is 1.27 bits per heavy atom. The van der Waals surface area contributed by atoms with Crippen LogP contribution >= 0.6 is 0 Å². The zero-order valence-corrected chi connectivity index (χ0v) is 7.01. The van der Waals surface area contributed by atoms with Gasteiger partial charge < -0.3 is 9.47 Å². The van der Waals surface area contributed by atoms with Gasteiger partial charge in [-0.05, 0) is 6.42 Å². The molecule has 0 saturated carbocycles. The van der Waals surface area contributed by atoms with E-state index < -0.39 is 0 Å². The second-order valence-corrected chi connectivity index (χ2v) is 3.24. The minimum atomic E-state index is -0.253. The first kappa shape index (κ1) is 7.53. The van der Waals surface area contributed by atoms with Gasteiger partial charge in [-0.1, -0.05) is 6.92 Å². The molecule has 3 nitrogen and oxygen atoms in total. The zero-order valence-electron chi connectivity index (χ0n) is 7.01. The maximum atomic E-state index is 5.62. The van der Waals surface area contributed by atoms with E-state index in [4.69, 9.17) is 9.47 Å². The lowest BCUT2D eigenvalue weighted by molar-refractivity contribution is -0.293. The lowest BCUT2D eigenvalue weighted by Crippen LogP contribution is -2.58. The molecule has 0 aliphatic carbocycles. The van der Waals surface area contributed by atoms with Crippen molar-refractivity contribution in [3.8, 4) is 0 Å². The largest absolute Gasteiger partial charge is 0.347 e. The Morgan fingerprint density at radius 3 is 2.36 bits per heavy atom. The average molecular weight is 157 g/mol. The molecule has 2 heterocycles. The second kappa shape index (κ2) is 2.73. The van der Waals surface area contributed by atoms with Crippen LogP contribution in [0.25, 0.3) is 0 Å². The Hall–Kier alpha value is -0.120. The minimum Gasteiger partial charge on any atom is -0.347 e. The van der Waals surface area contributed by atoms with Crippen molar-refractivity contribution in [3.05, 3.63) is 0 Å². The fourth-order valence-electron chi connectivity index (χ4n) is 1.78. The molecule has 64 valence electrons. The van der Waals surface area contributed by atoms with Crippen LogP contribution in [-0.4, -0.2) is 43.5 Å². The molecule has 2 rings (SSSR count). The first-order valence-corrected chi connectivity index (χ1v) is 4.35. The quantitative estimate of drug-likeness (QED) is 0.552.